The van der Waals surface area contributed by atoms with Crippen LogP contribution in [0.3, 0.4) is 0 Å². The summed E-state index contributed by atoms with van der Waals surface area (Å²) in [6.07, 6.45) is 7.98. The van der Waals surface area contributed by atoms with Crippen molar-refractivity contribution in [3.05, 3.63) is 29.8 Å². The molecule has 0 amide bonds. The van der Waals surface area contributed by atoms with Crippen LogP contribution in [0.2, 0.25) is 0 Å². The van der Waals surface area contributed by atoms with Gasteiger partial charge in [-0.25, -0.2) is 0 Å². The molecule has 0 saturated heterocycles. The molecule has 3 nitrogen and oxygen atoms in total. The van der Waals surface area contributed by atoms with E-state index in [9.17, 15) is 0 Å². The van der Waals surface area contributed by atoms with Gasteiger partial charge in [0.05, 0.1) is 7.11 Å². The lowest BCUT2D eigenvalue weighted by Gasteiger charge is -2.18. The van der Waals surface area contributed by atoms with E-state index in [0.717, 1.165) is 24.6 Å². The lowest BCUT2D eigenvalue weighted by Crippen LogP contribution is -2.16. The fraction of sp³-hybridized carbons (Fsp3) is 0.625. The molecule has 0 aromatic heterocycles. The fourth-order valence-electron chi connectivity index (χ4n) is 2.38. The van der Waals surface area contributed by atoms with Gasteiger partial charge in [-0.2, -0.15) is 0 Å². The van der Waals surface area contributed by atoms with Crippen molar-refractivity contribution in [3.63, 3.8) is 0 Å². The molecule has 1 aliphatic rings. The molecule has 108 valence electrons. The molecule has 2 rings (SSSR count). The van der Waals surface area contributed by atoms with Gasteiger partial charge in [-0.3, -0.25) is 0 Å². The number of ether oxygens (including phenoxy) is 1. The van der Waals surface area contributed by atoms with Crippen LogP contribution in [0.4, 0.5) is 0 Å². The van der Waals surface area contributed by atoms with Crippen molar-refractivity contribution < 1.29 is 4.74 Å². The maximum atomic E-state index is 5.50. The third-order valence-electron chi connectivity index (χ3n) is 3.65. The van der Waals surface area contributed by atoms with Gasteiger partial charge in [-0.15, -0.1) is 0 Å². The molecule has 0 spiro atoms. The van der Waals surface area contributed by atoms with Gasteiger partial charge in [-0.05, 0) is 56.0 Å². The van der Waals surface area contributed by atoms with E-state index >= 15 is 0 Å². The van der Waals surface area contributed by atoms with E-state index in [4.69, 9.17) is 16.2 Å². The third kappa shape index (κ3) is 6.60. The molecule has 4 N–H and O–H groups in total. The van der Waals surface area contributed by atoms with Gasteiger partial charge in [-0.1, -0.05) is 31.4 Å². The summed E-state index contributed by atoms with van der Waals surface area (Å²) in [5, 5.41) is 0. The summed E-state index contributed by atoms with van der Waals surface area (Å²) >= 11 is 0. The van der Waals surface area contributed by atoms with Crippen molar-refractivity contribution in [3.8, 4) is 5.75 Å². The van der Waals surface area contributed by atoms with Crippen LogP contribution in [0.5, 0.6) is 5.75 Å². The Labute approximate surface area is 117 Å². The highest BCUT2D eigenvalue weighted by Gasteiger charge is 2.09. The maximum absolute atomic E-state index is 5.50. The summed E-state index contributed by atoms with van der Waals surface area (Å²) in [5.74, 6) is 1.76. The highest BCUT2D eigenvalue weighted by atomic mass is 16.5. The molecule has 0 radical (unpaired) electrons. The van der Waals surface area contributed by atoms with E-state index in [-0.39, 0.29) is 0 Å². The van der Waals surface area contributed by atoms with Crippen LogP contribution in [-0.4, -0.2) is 20.2 Å². The molecule has 0 aliphatic heterocycles. The predicted octanol–water partition coefficient (Wildman–Crippen LogP) is 2.72. The second kappa shape index (κ2) is 9.82. The summed E-state index contributed by atoms with van der Waals surface area (Å²) < 4.78 is 5.02. The van der Waals surface area contributed by atoms with Gasteiger partial charge < -0.3 is 16.2 Å². The predicted molar refractivity (Wildman–Crippen MR) is 81.4 cm³/mol. The Bertz CT molecular complexity index is 318. The van der Waals surface area contributed by atoms with E-state index in [1.807, 2.05) is 24.3 Å². The van der Waals surface area contributed by atoms with Gasteiger partial charge in [0.1, 0.15) is 5.75 Å². The van der Waals surface area contributed by atoms with Crippen molar-refractivity contribution in [2.75, 3.05) is 20.2 Å². The summed E-state index contributed by atoms with van der Waals surface area (Å²) in [5.41, 5.74) is 12.2. The largest absolute Gasteiger partial charge is 0.497 e. The highest BCUT2D eigenvalue weighted by molar-refractivity contribution is 5.27. The average molecular weight is 264 g/mol. The summed E-state index contributed by atoms with van der Waals surface area (Å²) in [6, 6.07) is 7.97. The third-order valence-corrected chi connectivity index (χ3v) is 3.65. The Hall–Kier alpha value is -1.06. The summed E-state index contributed by atoms with van der Waals surface area (Å²) in [4.78, 5) is 0. The summed E-state index contributed by atoms with van der Waals surface area (Å²) in [6.45, 7) is 1.62. The first-order valence-corrected chi connectivity index (χ1v) is 7.33. The van der Waals surface area contributed by atoms with E-state index in [2.05, 4.69) is 0 Å². The first-order valence-electron chi connectivity index (χ1n) is 7.33. The van der Waals surface area contributed by atoms with E-state index in [1.165, 1.54) is 37.7 Å². The van der Waals surface area contributed by atoms with Crippen LogP contribution < -0.4 is 16.2 Å². The molecule has 1 saturated carbocycles. The molecular weight excluding hydrogens is 236 g/mol. The van der Waals surface area contributed by atoms with E-state index in [0.29, 0.717) is 6.54 Å². The Kier molecular flexibility index (Phi) is 8.26. The number of rotatable bonds is 4. The van der Waals surface area contributed by atoms with Crippen LogP contribution in [0, 0.1) is 5.92 Å². The number of hydrogen-bond acceptors (Lipinski definition) is 3. The second-order valence-electron chi connectivity index (χ2n) is 5.13. The summed E-state index contributed by atoms with van der Waals surface area (Å²) in [7, 11) is 1.66. The first-order chi connectivity index (χ1) is 9.30. The standard InChI is InChI=1S/C9H13NO.C7H15N/c1-11-9-4-2-8(3-5-9)6-7-10;8-6-7-4-2-1-3-5-7/h2-5H,6-7,10H2,1H3;7H,1-6,8H2. The normalized spacial score (nSPS) is 15.5. The second-order valence-corrected chi connectivity index (χ2v) is 5.13. The lowest BCUT2D eigenvalue weighted by atomic mass is 9.90. The Balaban J connectivity index is 0.000000200. The van der Waals surface area contributed by atoms with Crippen molar-refractivity contribution in [2.45, 2.75) is 38.5 Å². The lowest BCUT2D eigenvalue weighted by molar-refractivity contribution is 0.366. The minimum absolute atomic E-state index is 0.701. The fourth-order valence-corrected chi connectivity index (χ4v) is 2.38. The van der Waals surface area contributed by atoms with Crippen molar-refractivity contribution >= 4 is 0 Å². The molecule has 0 atom stereocenters. The van der Waals surface area contributed by atoms with E-state index in [1.54, 1.807) is 7.11 Å². The van der Waals surface area contributed by atoms with Crippen molar-refractivity contribution in [1.82, 2.24) is 0 Å². The molecule has 0 heterocycles. The minimum atomic E-state index is 0.701. The highest BCUT2D eigenvalue weighted by Crippen LogP contribution is 2.21. The van der Waals surface area contributed by atoms with Crippen LogP contribution in [0.15, 0.2) is 24.3 Å². The van der Waals surface area contributed by atoms with E-state index < -0.39 is 0 Å². The van der Waals surface area contributed by atoms with Crippen LogP contribution >= 0.6 is 0 Å². The topological polar surface area (TPSA) is 61.3 Å². The Morgan fingerprint density at radius 3 is 2.11 bits per heavy atom. The SMILES string of the molecule is COc1ccc(CCN)cc1.NCC1CCCCC1. The van der Waals surface area contributed by atoms with Crippen LogP contribution in [0.1, 0.15) is 37.7 Å². The Morgan fingerprint density at radius 1 is 1.05 bits per heavy atom. The van der Waals surface area contributed by atoms with Crippen LogP contribution in [0.25, 0.3) is 0 Å². The molecular formula is C16H28N2O. The van der Waals surface area contributed by atoms with Gasteiger partial charge in [0.25, 0.3) is 0 Å². The number of hydrogen-bond donors (Lipinski definition) is 2. The van der Waals surface area contributed by atoms with Crippen LogP contribution in [-0.2, 0) is 6.42 Å². The maximum Gasteiger partial charge on any atom is 0.118 e. The quantitative estimate of drug-likeness (QED) is 0.879. The molecule has 19 heavy (non-hydrogen) atoms. The molecule has 1 aromatic rings. The van der Waals surface area contributed by atoms with Crippen molar-refractivity contribution in [2.24, 2.45) is 17.4 Å². The smallest absolute Gasteiger partial charge is 0.118 e. The number of nitrogens with two attached hydrogens (primary N) is 2. The molecule has 1 aromatic carbocycles. The monoisotopic (exact) mass is 264 g/mol. The molecule has 3 heteroatoms. The minimum Gasteiger partial charge on any atom is -0.497 e. The van der Waals surface area contributed by atoms with Gasteiger partial charge in [0, 0.05) is 0 Å². The van der Waals surface area contributed by atoms with Gasteiger partial charge in [0.2, 0.25) is 0 Å². The Morgan fingerprint density at radius 2 is 1.68 bits per heavy atom. The van der Waals surface area contributed by atoms with Gasteiger partial charge >= 0.3 is 0 Å². The molecule has 0 bridgehead atoms. The zero-order chi connectivity index (χ0) is 13.9. The van der Waals surface area contributed by atoms with Crippen molar-refractivity contribution in [1.29, 1.82) is 0 Å². The molecule has 1 aliphatic carbocycles. The zero-order valence-electron chi connectivity index (χ0n) is 12.1. The molecule has 0 unspecified atom stereocenters. The van der Waals surface area contributed by atoms with Gasteiger partial charge in [0.15, 0.2) is 0 Å². The number of benzene rings is 1. The number of methoxy groups -OCH3 is 1. The molecule has 1 fully saturated rings. The first kappa shape index (κ1) is 16.0. The average Bonchev–Trinajstić information content (AvgIpc) is 2.50. The zero-order valence-corrected chi connectivity index (χ0v) is 12.1.